The summed E-state index contributed by atoms with van der Waals surface area (Å²) >= 11 is 0. The number of benzene rings is 1. The molecule has 0 fully saturated rings. The molecule has 0 aliphatic heterocycles. The van der Waals surface area contributed by atoms with Crippen molar-refractivity contribution in [2.24, 2.45) is 0 Å². The van der Waals surface area contributed by atoms with Crippen LogP contribution in [0.5, 0.6) is 0 Å². The number of amides is 2. The Kier molecular flexibility index (Phi) is 7.94. The van der Waals surface area contributed by atoms with E-state index in [2.05, 4.69) is 10.6 Å². The highest BCUT2D eigenvalue weighted by atomic mass is 19.1. The van der Waals surface area contributed by atoms with Crippen molar-refractivity contribution in [3.05, 3.63) is 47.5 Å². The molecule has 1 aromatic rings. The Hall–Kier alpha value is -2.24. The summed E-state index contributed by atoms with van der Waals surface area (Å²) in [7, 11) is 1.44. The van der Waals surface area contributed by atoms with Crippen LogP contribution in [0.25, 0.3) is 0 Å². The fourth-order valence-corrected chi connectivity index (χ4v) is 2.08. The molecule has 2 N–H and O–H groups in total. The van der Waals surface area contributed by atoms with Crippen LogP contribution in [-0.4, -0.2) is 24.9 Å². The van der Waals surface area contributed by atoms with Gasteiger partial charge in [-0.05, 0) is 30.2 Å². The highest BCUT2D eigenvalue weighted by molar-refractivity contribution is 5.92. The van der Waals surface area contributed by atoms with Crippen LogP contribution in [0.15, 0.2) is 30.4 Å². The Morgan fingerprint density at radius 2 is 1.87 bits per heavy atom. The summed E-state index contributed by atoms with van der Waals surface area (Å²) in [4.78, 5) is 23.7. The summed E-state index contributed by atoms with van der Waals surface area (Å²) in [5, 5.41) is 4.98. The molecule has 0 saturated heterocycles. The van der Waals surface area contributed by atoms with Gasteiger partial charge in [-0.2, -0.15) is 0 Å². The Morgan fingerprint density at radius 3 is 2.43 bits per heavy atom. The molecule has 0 aliphatic carbocycles. The van der Waals surface area contributed by atoms with Gasteiger partial charge in [0, 0.05) is 19.5 Å². The molecule has 0 aliphatic rings. The largest absolute Gasteiger partial charge is 0.357 e. The lowest BCUT2D eigenvalue weighted by atomic mass is 10.0. The van der Waals surface area contributed by atoms with Gasteiger partial charge in [0.1, 0.15) is 17.7 Å². The number of carbonyl (C=O) groups excluding carboxylic acids is 2. The normalized spacial score (nSPS) is 12.2. The van der Waals surface area contributed by atoms with Crippen molar-refractivity contribution >= 4 is 11.8 Å². The maximum atomic E-state index is 13.2. The molecule has 0 unspecified atom stereocenters. The zero-order valence-electron chi connectivity index (χ0n) is 13.4. The average molecular weight is 324 g/mol. The number of nitrogens with one attached hydrogen (secondary N) is 2. The molecule has 0 bridgehead atoms. The van der Waals surface area contributed by atoms with Crippen molar-refractivity contribution in [3.63, 3.8) is 0 Å². The van der Waals surface area contributed by atoms with Crippen molar-refractivity contribution in [2.75, 3.05) is 7.05 Å². The zero-order chi connectivity index (χ0) is 17.2. The number of hydrogen-bond acceptors (Lipinski definition) is 2. The first-order valence-electron chi connectivity index (χ1n) is 7.59. The van der Waals surface area contributed by atoms with Crippen molar-refractivity contribution in [2.45, 2.75) is 38.6 Å². The van der Waals surface area contributed by atoms with E-state index in [0.29, 0.717) is 5.56 Å². The SMILES string of the molecule is CCCC/C=C/C(=O)N[C@@H](Cc1cc(F)cc(F)c1)C(=O)NC. The summed E-state index contributed by atoms with van der Waals surface area (Å²) in [6.07, 6.45) is 5.90. The fraction of sp³-hybridized carbons (Fsp3) is 0.412. The number of unbranched alkanes of at least 4 members (excludes halogenated alkanes) is 2. The highest BCUT2D eigenvalue weighted by Crippen LogP contribution is 2.10. The molecule has 2 amide bonds. The quantitative estimate of drug-likeness (QED) is 0.570. The van der Waals surface area contributed by atoms with E-state index in [9.17, 15) is 18.4 Å². The van der Waals surface area contributed by atoms with Crippen LogP contribution in [-0.2, 0) is 16.0 Å². The number of allylic oxidation sites excluding steroid dienone is 1. The van der Waals surface area contributed by atoms with E-state index in [1.165, 1.54) is 13.1 Å². The number of carbonyl (C=O) groups is 2. The average Bonchev–Trinajstić information content (AvgIpc) is 2.49. The maximum Gasteiger partial charge on any atom is 0.244 e. The number of hydrogen-bond donors (Lipinski definition) is 2. The molecule has 1 aromatic carbocycles. The molecule has 6 heteroatoms. The standard InChI is InChI=1S/C17H22F2N2O2/c1-3-4-5-6-7-16(22)21-15(17(23)20-2)10-12-8-13(18)11-14(19)9-12/h6-9,11,15H,3-5,10H2,1-2H3,(H,20,23)(H,21,22)/b7-6+/t15-/m0/s1. The third-order valence-corrected chi connectivity index (χ3v) is 3.24. The molecule has 0 heterocycles. The van der Waals surface area contributed by atoms with E-state index < -0.39 is 29.5 Å². The van der Waals surface area contributed by atoms with Gasteiger partial charge in [-0.3, -0.25) is 9.59 Å². The lowest BCUT2D eigenvalue weighted by molar-refractivity contribution is -0.126. The molecule has 126 valence electrons. The smallest absolute Gasteiger partial charge is 0.244 e. The number of rotatable bonds is 8. The maximum absolute atomic E-state index is 13.2. The predicted octanol–water partition coefficient (Wildman–Crippen LogP) is 2.48. The first kappa shape index (κ1) is 18.8. The Labute approximate surface area is 135 Å². The molecule has 0 spiro atoms. The molecular weight excluding hydrogens is 302 g/mol. The lowest BCUT2D eigenvalue weighted by Crippen LogP contribution is -2.46. The van der Waals surface area contributed by atoms with Gasteiger partial charge in [-0.15, -0.1) is 0 Å². The van der Waals surface area contributed by atoms with Gasteiger partial charge in [0.25, 0.3) is 0 Å². The van der Waals surface area contributed by atoms with Crippen molar-refractivity contribution in [3.8, 4) is 0 Å². The number of likely N-dealkylation sites (N-methyl/N-ethyl adjacent to an activating group) is 1. The first-order chi connectivity index (χ1) is 11.0. The topological polar surface area (TPSA) is 58.2 Å². The van der Waals surface area contributed by atoms with Crippen molar-refractivity contribution < 1.29 is 18.4 Å². The number of halogens is 2. The second-order valence-electron chi connectivity index (χ2n) is 5.20. The van der Waals surface area contributed by atoms with E-state index >= 15 is 0 Å². The monoisotopic (exact) mass is 324 g/mol. The predicted molar refractivity (Wildman–Crippen MR) is 84.7 cm³/mol. The van der Waals surface area contributed by atoms with Gasteiger partial charge < -0.3 is 10.6 Å². The molecule has 0 radical (unpaired) electrons. The van der Waals surface area contributed by atoms with Crippen LogP contribution < -0.4 is 10.6 Å². The lowest BCUT2D eigenvalue weighted by Gasteiger charge is -2.16. The Morgan fingerprint density at radius 1 is 1.22 bits per heavy atom. The minimum absolute atomic E-state index is 0.00287. The Balaban J connectivity index is 2.74. The summed E-state index contributed by atoms with van der Waals surface area (Å²) in [5.41, 5.74) is 0.298. The van der Waals surface area contributed by atoms with Gasteiger partial charge in [0.05, 0.1) is 0 Å². The molecule has 0 aromatic heterocycles. The highest BCUT2D eigenvalue weighted by Gasteiger charge is 2.19. The minimum Gasteiger partial charge on any atom is -0.357 e. The van der Waals surface area contributed by atoms with Gasteiger partial charge in [0.15, 0.2) is 0 Å². The van der Waals surface area contributed by atoms with Crippen LogP contribution in [0.4, 0.5) is 8.78 Å². The van der Waals surface area contributed by atoms with Crippen LogP contribution in [0.3, 0.4) is 0 Å². The van der Waals surface area contributed by atoms with Crippen LogP contribution in [0, 0.1) is 11.6 Å². The summed E-state index contributed by atoms with van der Waals surface area (Å²) in [5.74, 6) is -2.28. The molecule has 4 nitrogen and oxygen atoms in total. The van der Waals surface area contributed by atoms with E-state index in [0.717, 1.165) is 37.5 Å². The first-order valence-corrected chi connectivity index (χ1v) is 7.59. The van der Waals surface area contributed by atoms with Gasteiger partial charge in [-0.25, -0.2) is 8.78 Å². The second-order valence-corrected chi connectivity index (χ2v) is 5.20. The second kappa shape index (κ2) is 9.71. The van der Waals surface area contributed by atoms with Crippen LogP contribution >= 0.6 is 0 Å². The minimum atomic E-state index is -0.899. The summed E-state index contributed by atoms with van der Waals surface area (Å²) < 4.78 is 26.4. The molecule has 1 atom stereocenters. The van der Waals surface area contributed by atoms with Crippen molar-refractivity contribution in [1.29, 1.82) is 0 Å². The molecular formula is C17H22F2N2O2. The summed E-state index contributed by atoms with van der Waals surface area (Å²) in [6, 6.07) is 2.14. The van der Waals surface area contributed by atoms with E-state index in [4.69, 9.17) is 0 Å². The summed E-state index contributed by atoms with van der Waals surface area (Å²) in [6.45, 7) is 2.05. The Bertz CT molecular complexity index is 553. The van der Waals surface area contributed by atoms with Crippen LogP contribution in [0.1, 0.15) is 31.7 Å². The van der Waals surface area contributed by atoms with Gasteiger partial charge in [-0.1, -0.05) is 25.8 Å². The molecule has 23 heavy (non-hydrogen) atoms. The fourth-order valence-electron chi connectivity index (χ4n) is 2.08. The van der Waals surface area contributed by atoms with Crippen LogP contribution in [0.2, 0.25) is 0 Å². The van der Waals surface area contributed by atoms with Crippen molar-refractivity contribution in [1.82, 2.24) is 10.6 Å². The molecule has 0 saturated carbocycles. The van der Waals surface area contributed by atoms with E-state index in [1.807, 2.05) is 6.92 Å². The molecule has 1 rings (SSSR count). The third-order valence-electron chi connectivity index (χ3n) is 3.24. The van der Waals surface area contributed by atoms with E-state index in [-0.39, 0.29) is 6.42 Å². The zero-order valence-corrected chi connectivity index (χ0v) is 13.4. The van der Waals surface area contributed by atoms with Gasteiger partial charge in [0.2, 0.25) is 11.8 Å². The van der Waals surface area contributed by atoms with Gasteiger partial charge >= 0.3 is 0 Å². The van der Waals surface area contributed by atoms with E-state index in [1.54, 1.807) is 6.08 Å². The third kappa shape index (κ3) is 7.04.